The number of halogens is 1. The Morgan fingerprint density at radius 1 is 1.52 bits per heavy atom. The Hall–Kier alpha value is -1.51. The zero-order valence-electron chi connectivity index (χ0n) is 11.7. The molecule has 1 amide bonds. The van der Waals surface area contributed by atoms with Gasteiger partial charge in [-0.15, -0.1) is 0 Å². The fourth-order valence-corrected chi connectivity index (χ4v) is 3.17. The summed E-state index contributed by atoms with van der Waals surface area (Å²) in [6, 6.07) is 3.36. The molecule has 1 aromatic carbocycles. The molecule has 0 radical (unpaired) electrons. The van der Waals surface area contributed by atoms with Crippen molar-refractivity contribution < 1.29 is 17.6 Å². The zero-order chi connectivity index (χ0) is 15.6. The molecule has 0 aliphatic carbocycles. The largest absolute Gasteiger partial charge is 0.338 e. The lowest BCUT2D eigenvalue weighted by atomic mass is 10.1. The van der Waals surface area contributed by atoms with E-state index in [2.05, 4.69) is 0 Å². The third kappa shape index (κ3) is 3.22. The van der Waals surface area contributed by atoms with Crippen LogP contribution in [0.4, 0.5) is 4.39 Å². The maximum absolute atomic E-state index is 13.6. The van der Waals surface area contributed by atoms with Gasteiger partial charge in [-0.25, -0.2) is 17.5 Å². The van der Waals surface area contributed by atoms with Crippen molar-refractivity contribution in [2.75, 3.05) is 26.7 Å². The number of likely N-dealkylation sites (tertiary alicyclic amines) is 1. The molecule has 2 rings (SSSR count). The maximum Gasteiger partial charge on any atom is 0.253 e. The molecule has 0 aromatic heterocycles. The Kier molecular flexibility index (Phi) is 4.60. The van der Waals surface area contributed by atoms with Crippen LogP contribution in [-0.4, -0.2) is 45.9 Å². The number of carbonyl (C=O) groups is 1. The quantitative estimate of drug-likeness (QED) is 0.827. The molecule has 21 heavy (non-hydrogen) atoms. The second-order valence-electron chi connectivity index (χ2n) is 4.99. The van der Waals surface area contributed by atoms with E-state index in [1.54, 1.807) is 4.90 Å². The monoisotopic (exact) mass is 315 g/mol. The molecule has 0 saturated carbocycles. The minimum atomic E-state index is -3.94. The summed E-state index contributed by atoms with van der Waals surface area (Å²) in [5.74, 6) is -0.935. The lowest BCUT2D eigenvalue weighted by molar-refractivity contribution is 0.0787. The predicted molar refractivity (Wildman–Crippen MR) is 75.7 cm³/mol. The number of nitrogens with one attached hydrogen (secondary N) is 1. The first-order valence-electron chi connectivity index (χ1n) is 6.61. The minimum Gasteiger partial charge on any atom is -0.338 e. The lowest BCUT2D eigenvalue weighted by Gasteiger charge is -2.17. The molecule has 116 valence electrons. The van der Waals surface area contributed by atoms with E-state index in [0.717, 1.165) is 18.6 Å². The molecule has 1 atom stereocenters. The Morgan fingerprint density at radius 3 is 2.81 bits per heavy atom. The average Bonchev–Trinajstić information content (AvgIpc) is 2.95. The molecule has 0 unspecified atom stereocenters. The third-order valence-corrected chi connectivity index (χ3v) is 5.07. The van der Waals surface area contributed by atoms with E-state index in [-0.39, 0.29) is 17.4 Å². The first kappa shape index (κ1) is 15.9. The molecule has 8 heteroatoms. The van der Waals surface area contributed by atoms with Gasteiger partial charge in [-0.1, -0.05) is 0 Å². The summed E-state index contributed by atoms with van der Waals surface area (Å²) in [5.41, 5.74) is 5.73. The van der Waals surface area contributed by atoms with Crippen molar-refractivity contribution in [3.63, 3.8) is 0 Å². The van der Waals surface area contributed by atoms with Gasteiger partial charge in [0.15, 0.2) is 0 Å². The number of benzene rings is 1. The highest BCUT2D eigenvalue weighted by Gasteiger charge is 2.27. The van der Waals surface area contributed by atoms with Crippen molar-refractivity contribution in [2.45, 2.75) is 11.3 Å². The molecule has 1 fully saturated rings. The number of sulfonamides is 1. The van der Waals surface area contributed by atoms with Crippen molar-refractivity contribution in [2.24, 2.45) is 11.7 Å². The molecular formula is C13H18FN3O3S. The number of carbonyl (C=O) groups excluding carboxylic acids is 1. The minimum absolute atomic E-state index is 0.155. The van der Waals surface area contributed by atoms with Gasteiger partial charge in [0.05, 0.1) is 0 Å². The third-order valence-electron chi connectivity index (χ3n) is 3.64. The fourth-order valence-electron chi connectivity index (χ4n) is 2.34. The Bertz CT molecular complexity index is 648. The smallest absolute Gasteiger partial charge is 0.253 e. The Morgan fingerprint density at radius 2 is 2.24 bits per heavy atom. The molecule has 1 heterocycles. The van der Waals surface area contributed by atoms with E-state index in [1.165, 1.54) is 13.1 Å². The van der Waals surface area contributed by atoms with Gasteiger partial charge in [0.2, 0.25) is 10.0 Å². The number of hydrogen-bond donors (Lipinski definition) is 2. The van der Waals surface area contributed by atoms with E-state index >= 15 is 0 Å². The standard InChI is InChI=1S/C13H18FN3O3S/c1-16-21(19,20)12-6-10(2-3-11(12)14)13(18)17-5-4-9(7-15)8-17/h2-3,6,9,16H,4-5,7-8,15H2,1H3/t9-/m0/s1. The van der Waals surface area contributed by atoms with Crippen molar-refractivity contribution in [3.8, 4) is 0 Å². The molecule has 1 aromatic rings. The van der Waals surface area contributed by atoms with Crippen molar-refractivity contribution in [1.82, 2.24) is 9.62 Å². The number of rotatable bonds is 4. The summed E-state index contributed by atoms with van der Waals surface area (Å²) in [6.07, 6.45) is 0.825. The van der Waals surface area contributed by atoms with Crippen LogP contribution in [0, 0.1) is 11.7 Å². The van der Waals surface area contributed by atoms with Crippen LogP contribution >= 0.6 is 0 Å². The molecule has 6 nitrogen and oxygen atoms in total. The number of hydrogen-bond acceptors (Lipinski definition) is 4. The van der Waals surface area contributed by atoms with E-state index in [4.69, 9.17) is 5.73 Å². The fraction of sp³-hybridized carbons (Fsp3) is 0.462. The lowest BCUT2D eigenvalue weighted by Crippen LogP contribution is -2.30. The van der Waals surface area contributed by atoms with Crippen LogP contribution in [-0.2, 0) is 10.0 Å². The van der Waals surface area contributed by atoms with Crippen molar-refractivity contribution >= 4 is 15.9 Å². The highest BCUT2D eigenvalue weighted by molar-refractivity contribution is 7.89. The summed E-state index contributed by atoms with van der Waals surface area (Å²) in [7, 11) is -2.75. The molecular weight excluding hydrogens is 297 g/mol. The van der Waals surface area contributed by atoms with Crippen molar-refractivity contribution in [1.29, 1.82) is 0 Å². The SMILES string of the molecule is CNS(=O)(=O)c1cc(C(=O)N2CC[C@@H](CN)C2)ccc1F. The second-order valence-corrected chi connectivity index (χ2v) is 6.85. The van der Waals surface area contributed by atoms with Gasteiger partial charge in [0, 0.05) is 18.7 Å². The normalized spacial score (nSPS) is 19.0. The molecule has 3 N–H and O–H groups in total. The van der Waals surface area contributed by atoms with Gasteiger partial charge < -0.3 is 10.6 Å². The highest BCUT2D eigenvalue weighted by atomic mass is 32.2. The summed E-state index contributed by atoms with van der Waals surface area (Å²) in [4.78, 5) is 13.4. The van der Waals surface area contributed by atoms with Gasteiger partial charge in [0.25, 0.3) is 5.91 Å². The molecule has 1 aliphatic rings. The van der Waals surface area contributed by atoms with Crippen LogP contribution in [0.25, 0.3) is 0 Å². The summed E-state index contributed by atoms with van der Waals surface area (Å²) in [6.45, 7) is 1.62. The first-order chi connectivity index (χ1) is 9.89. The number of nitrogens with zero attached hydrogens (tertiary/aromatic N) is 1. The van der Waals surface area contributed by atoms with Gasteiger partial charge in [0.1, 0.15) is 10.7 Å². The zero-order valence-corrected chi connectivity index (χ0v) is 12.5. The number of nitrogens with two attached hydrogens (primary N) is 1. The predicted octanol–water partition coefficient (Wildman–Crippen LogP) is 0.155. The van der Waals surface area contributed by atoms with Crippen LogP contribution in [0.15, 0.2) is 23.1 Å². The summed E-state index contributed by atoms with van der Waals surface area (Å²) >= 11 is 0. The molecule has 1 saturated heterocycles. The van der Waals surface area contributed by atoms with E-state index in [0.29, 0.717) is 19.6 Å². The maximum atomic E-state index is 13.6. The summed E-state index contributed by atoms with van der Waals surface area (Å²) < 4.78 is 39.1. The highest BCUT2D eigenvalue weighted by Crippen LogP contribution is 2.21. The van der Waals surface area contributed by atoms with Crippen molar-refractivity contribution in [3.05, 3.63) is 29.6 Å². The topological polar surface area (TPSA) is 92.5 Å². The van der Waals surface area contributed by atoms with Crippen LogP contribution < -0.4 is 10.5 Å². The van der Waals surface area contributed by atoms with Gasteiger partial charge in [-0.2, -0.15) is 0 Å². The van der Waals surface area contributed by atoms with Gasteiger partial charge in [-0.3, -0.25) is 4.79 Å². The van der Waals surface area contributed by atoms with Crippen LogP contribution in [0.1, 0.15) is 16.8 Å². The van der Waals surface area contributed by atoms with E-state index in [9.17, 15) is 17.6 Å². The second kappa shape index (κ2) is 6.08. The van der Waals surface area contributed by atoms with Crippen LogP contribution in [0.5, 0.6) is 0 Å². The van der Waals surface area contributed by atoms with Gasteiger partial charge >= 0.3 is 0 Å². The van der Waals surface area contributed by atoms with E-state index < -0.39 is 20.7 Å². The Labute approximate surface area is 123 Å². The summed E-state index contributed by atoms with van der Waals surface area (Å²) in [5, 5.41) is 0. The van der Waals surface area contributed by atoms with Crippen LogP contribution in [0.3, 0.4) is 0 Å². The molecule has 1 aliphatic heterocycles. The van der Waals surface area contributed by atoms with E-state index in [1.807, 2.05) is 4.72 Å². The molecule has 0 spiro atoms. The number of amides is 1. The first-order valence-corrected chi connectivity index (χ1v) is 8.09. The molecule has 0 bridgehead atoms. The van der Waals surface area contributed by atoms with Gasteiger partial charge in [-0.05, 0) is 44.1 Å². The Balaban J connectivity index is 2.29. The van der Waals surface area contributed by atoms with Crippen LogP contribution in [0.2, 0.25) is 0 Å². The average molecular weight is 315 g/mol.